The molecule has 8 heteroatoms. The molecule has 36 heavy (non-hydrogen) atoms. The number of hydrogen-bond acceptors (Lipinski definition) is 5. The SMILES string of the molecule is CCn1ncc(/C=c2\sc3n(c2=O)C(c2ccccc2)C(C(=O)Nc2ccccc2C)=C(C)N=3)c1C. The first kappa shape index (κ1) is 23.7. The molecule has 2 aromatic carbocycles. The van der Waals surface area contributed by atoms with Gasteiger partial charge in [-0.1, -0.05) is 59.9 Å². The molecule has 5 rings (SSSR count). The van der Waals surface area contributed by atoms with Gasteiger partial charge in [-0.15, -0.1) is 0 Å². The number of fused-ring (bicyclic) bond motifs is 1. The third kappa shape index (κ3) is 4.13. The highest BCUT2D eigenvalue weighted by atomic mass is 32.1. The summed E-state index contributed by atoms with van der Waals surface area (Å²) in [7, 11) is 0. The standard InChI is InChI=1S/C28H27N5O2S/c1-5-32-19(4)21(16-29-32)15-23-27(35)33-25(20-12-7-6-8-13-20)24(18(3)30-28(33)36-23)26(34)31-22-14-10-9-11-17(22)2/h6-16,25H,5H2,1-4H3,(H,31,34)/b23-15-. The number of benzene rings is 2. The zero-order valence-corrected chi connectivity index (χ0v) is 21.5. The lowest BCUT2D eigenvalue weighted by Gasteiger charge is -2.25. The maximum absolute atomic E-state index is 13.8. The molecule has 1 unspecified atom stereocenters. The van der Waals surface area contributed by atoms with Gasteiger partial charge >= 0.3 is 0 Å². The number of carbonyl (C=O) groups excluding carboxylic acids is 1. The molecule has 2 aromatic heterocycles. The largest absolute Gasteiger partial charge is 0.322 e. The molecule has 0 bridgehead atoms. The number of aromatic nitrogens is 3. The van der Waals surface area contributed by atoms with E-state index in [1.165, 1.54) is 11.3 Å². The second-order valence-electron chi connectivity index (χ2n) is 8.76. The van der Waals surface area contributed by atoms with Gasteiger partial charge in [0.1, 0.15) is 0 Å². The van der Waals surface area contributed by atoms with Crippen LogP contribution in [0.25, 0.3) is 6.08 Å². The predicted molar refractivity (Wildman–Crippen MR) is 143 cm³/mol. The summed E-state index contributed by atoms with van der Waals surface area (Å²) in [5.41, 5.74) is 5.31. The van der Waals surface area contributed by atoms with Crippen LogP contribution in [-0.4, -0.2) is 20.3 Å². The number of hydrogen-bond donors (Lipinski definition) is 1. The van der Waals surface area contributed by atoms with Crippen molar-refractivity contribution in [3.8, 4) is 0 Å². The molecule has 7 nitrogen and oxygen atoms in total. The molecule has 1 aliphatic rings. The van der Waals surface area contributed by atoms with E-state index in [2.05, 4.69) is 10.4 Å². The molecule has 1 N–H and O–H groups in total. The Morgan fingerprint density at radius 1 is 1.08 bits per heavy atom. The number of nitrogens with zero attached hydrogens (tertiary/aromatic N) is 4. The molecule has 0 saturated heterocycles. The Kier molecular flexibility index (Phi) is 6.28. The van der Waals surface area contributed by atoms with Crippen LogP contribution in [0.4, 0.5) is 5.69 Å². The van der Waals surface area contributed by atoms with E-state index in [0.717, 1.165) is 34.6 Å². The summed E-state index contributed by atoms with van der Waals surface area (Å²) >= 11 is 1.33. The van der Waals surface area contributed by atoms with Crippen molar-refractivity contribution >= 4 is 29.0 Å². The highest BCUT2D eigenvalue weighted by Gasteiger charge is 2.32. The van der Waals surface area contributed by atoms with Gasteiger partial charge < -0.3 is 5.32 Å². The van der Waals surface area contributed by atoms with Crippen molar-refractivity contribution in [2.45, 2.75) is 40.3 Å². The van der Waals surface area contributed by atoms with Gasteiger partial charge in [0.05, 0.1) is 28.0 Å². The number of carbonyl (C=O) groups is 1. The van der Waals surface area contributed by atoms with E-state index in [9.17, 15) is 9.59 Å². The van der Waals surface area contributed by atoms with Crippen LogP contribution in [0.2, 0.25) is 0 Å². The molecule has 0 radical (unpaired) electrons. The van der Waals surface area contributed by atoms with Crippen LogP contribution in [0.1, 0.15) is 42.3 Å². The van der Waals surface area contributed by atoms with Gasteiger partial charge in [0.15, 0.2) is 4.80 Å². The predicted octanol–water partition coefficient (Wildman–Crippen LogP) is 3.71. The fourth-order valence-electron chi connectivity index (χ4n) is 4.53. The Labute approximate surface area is 212 Å². The van der Waals surface area contributed by atoms with Crippen molar-refractivity contribution in [2.24, 2.45) is 4.99 Å². The first-order valence-electron chi connectivity index (χ1n) is 11.9. The molecule has 1 amide bonds. The normalized spacial score (nSPS) is 15.6. The Hall–Kier alpha value is -4.04. The highest BCUT2D eigenvalue weighted by Crippen LogP contribution is 2.31. The smallest absolute Gasteiger partial charge is 0.271 e. The molecule has 0 aliphatic carbocycles. The third-order valence-corrected chi connectivity index (χ3v) is 7.49. The average molecular weight is 498 g/mol. The quantitative estimate of drug-likeness (QED) is 0.457. The summed E-state index contributed by atoms with van der Waals surface area (Å²) in [5.74, 6) is -0.270. The molecular weight excluding hydrogens is 470 g/mol. The lowest BCUT2D eigenvalue weighted by molar-refractivity contribution is -0.113. The summed E-state index contributed by atoms with van der Waals surface area (Å²) in [5, 5.41) is 7.43. The summed E-state index contributed by atoms with van der Waals surface area (Å²) in [6.45, 7) is 8.56. The van der Waals surface area contributed by atoms with Gasteiger partial charge in [0.25, 0.3) is 11.5 Å². The van der Waals surface area contributed by atoms with Crippen LogP contribution >= 0.6 is 11.3 Å². The lowest BCUT2D eigenvalue weighted by Crippen LogP contribution is -2.40. The van der Waals surface area contributed by atoms with E-state index in [-0.39, 0.29) is 11.5 Å². The number of thiazole rings is 1. The van der Waals surface area contributed by atoms with Crippen molar-refractivity contribution in [2.75, 3.05) is 5.32 Å². The Morgan fingerprint density at radius 3 is 2.50 bits per heavy atom. The van der Waals surface area contributed by atoms with E-state index >= 15 is 0 Å². The van der Waals surface area contributed by atoms with Crippen LogP contribution < -0.4 is 20.2 Å². The molecule has 1 aliphatic heterocycles. The summed E-state index contributed by atoms with van der Waals surface area (Å²) in [6.07, 6.45) is 3.64. The van der Waals surface area contributed by atoms with E-state index in [1.54, 1.807) is 10.8 Å². The average Bonchev–Trinajstić information content (AvgIpc) is 3.38. The van der Waals surface area contributed by atoms with E-state index in [4.69, 9.17) is 4.99 Å². The van der Waals surface area contributed by atoms with Gasteiger partial charge in [-0.05, 0) is 51.0 Å². The Balaban J connectivity index is 1.67. The van der Waals surface area contributed by atoms with Gasteiger partial charge in [-0.25, -0.2) is 4.99 Å². The number of nitrogens with one attached hydrogen (secondary N) is 1. The fourth-order valence-corrected chi connectivity index (χ4v) is 5.57. The van der Waals surface area contributed by atoms with Gasteiger partial charge in [0, 0.05) is 23.5 Å². The van der Waals surface area contributed by atoms with Crippen molar-refractivity contribution in [1.82, 2.24) is 14.3 Å². The van der Waals surface area contributed by atoms with Crippen molar-refractivity contribution in [3.05, 3.63) is 114 Å². The molecular formula is C28H27N5O2S. The lowest BCUT2D eigenvalue weighted by atomic mass is 9.95. The number of allylic oxidation sites excluding steroid dienone is 1. The fraction of sp³-hybridized carbons (Fsp3) is 0.214. The molecule has 0 spiro atoms. The van der Waals surface area contributed by atoms with Crippen molar-refractivity contribution < 1.29 is 4.79 Å². The maximum atomic E-state index is 13.8. The first-order chi connectivity index (χ1) is 17.4. The zero-order valence-electron chi connectivity index (χ0n) is 20.6. The molecule has 0 saturated carbocycles. The number of para-hydroxylation sites is 1. The first-order valence-corrected chi connectivity index (χ1v) is 12.7. The second-order valence-corrected chi connectivity index (χ2v) is 9.77. The molecule has 4 aromatic rings. The van der Waals surface area contributed by atoms with E-state index in [1.807, 2.05) is 93.1 Å². The second kappa shape index (κ2) is 9.54. The van der Waals surface area contributed by atoms with Crippen LogP contribution in [0.15, 0.2) is 81.9 Å². The summed E-state index contributed by atoms with van der Waals surface area (Å²) < 4.78 is 4.10. The van der Waals surface area contributed by atoms with Crippen molar-refractivity contribution in [1.29, 1.82) is 0 Å². The number of rotatable bonds is 5. The zero-order chi connectivity index (χ0) is 25.4. The Bertz CT molecular complexity index is 1670. The number of anilines is 1. The molecule has 0 fully saturated rings. The van der Waals surface area contributed by atoms with Crippen LogP contribution in [0.3, 0.4) is 0 Å². The summed E-state index contributed by atoms with van der Waals surface area (Å²) in [6, 6.07) is 16.7. The van der Waals surface area contributed by atoms with E-state index < -0.39 is 6.04 Å². The van der Waals surface area contributed by atoms with Gasteiger partial charge in [-0.3, -0.25) is 18.8 Å². The maximum Gasteiger partial charge on any atom is 0.271 e. The number of amides is 1. The Morgan fingerprint density at radius 2 is 1.81 bits per heavy atom. The van der Waals surface area contributed by atoms with Gasteiger partial charge in [-0.2, -0.15) is 5.10 Å². The minimum Gasteiger partial charge on any atom is -0.322 e. The van der Waals surface area contributed by atoms with Crippen LogP contribution in [0, 0.1) is 13.8 Å². The third-order valence-electron chi connectivity index (χ3n) is 6.50. The monoisotopic (exact) mass is 497 g/mol. The van der Waals surface area contributed by atoms with E-state index in [0.29, 0.717) is 20.6 Å². The molecule has 1 atom stereocenters. The topological polar surface area (TPSA) is 81.3 Å². The highest BCUT2D eigenvalue weighted by molar-refractivity contribution is 7.07. The minimum absolute atomic E-state index is 0.176. The van der Waals surface area contributed by atoms with Crippen LogP contribution in [-0.2, 0) is 11.3 Å². The van der Waals surface area contributed by atoms with Gasteiger partial charge in [0.2, 0.25) is 0 Å². The van der Waals surface area contributed by atoms with Crippen LogP contribution in [0.5, 0.6) is 0 Å². The summed E-state index contributed by atoms with van der Waals surface area (Å²) in [4.78, 5) is 32.7. The minimum atomic E-state index is -0.590. The number of aryl methyl sites for hydroxylation is 2. The molecule has 3 heterocycles. The molecule has 182 valence electrons. The van der Waals surface area contributed by atoms with Crippen molar-refractivity contribution in [3.63, 3.8) is 0 Å².